The lowest BCUT2D eigenvalue weighted by Gasteiger charge is -2.51. The van der Waals surface area contributed by atoms with Gasteiger partial charge in [0, 0.05) is 22.3 Å². The Labute approximate surface area is 196 Å². The van der Waals surface area contributed by atoms with Crippen molar-refractivity contribution >= 4 is 34.8 Å². The molecular weight excluding hydrogens is 444 g/mol. The summed E-state index contributed by atoms with van der Waals surface area (Å²) in [5.41, 5.74) is 0.203. The third kappa shape index (κ3) is 3.85. The molecule has 1 aliphatic heterocycles. The van der Waals surface area contributed by atoms with Crippen LogP contribution in [0.2, 0.25) is 5.02 Å². The van der Waals surface area contributed by atoms with Crippen LogP contribution in [0, 0.1) is 0 Å². The number of nitrogens with one attached hydrogen (secondary N) is 1. The zero-order valence-electron chi connectivity index (χ0n) is 18.4. The third-order valence-electron chi connectivity index (χ3n) is 5.72. The highest BCUT2D eigenvalue weighted by atomic mass is 35.5. The molecule has 0 saturated carbocycles. The van der Waals surface area contributed by atoms with Gasteiger partial charge in [0.15, 0.2) is 5.54 Å². The van der Waals surface area contributed by atoms with Crippen molar-refractivity contribution in [1.29, 1.82) is 0 Å². The van der Waals surface area contributed by atoms with Crippen LogP contribution in [0.1, 0.15) is 12.0 Å². The second-order valence-corrected chi connectivity index (χ2v) is 7.87. The Hall–Kier alpha value is -3.71. The van der Waals surface area contributed by atoms with E-state index in [4.69, 9.17) is 25.8 Å². The fourth-order valence-electron chi connectivity index (χ4n) is 4.04. The molecule has 4 rings (SSSR count). The smallest absolute Gasteiger partial charge is 0.256 e. The third-order valence-corrected chi connectivity index (χ3v) is 6.05. The van der Waals surface area contributed by atoms with E-state index in [9.17, 15) is 9.59 Å². The predicted molar refractivity (Wildman–Crippen MR) is 126 cm³/mol. The lowest BCUT2D eigenvalue weighted by molar-refractivity contribution is -0.137. The van der Waals surface area contributed by atoms with Crippen LogP contribution in [0.4, 0.5) is 11.4 Å². The monoisotopic (exact) mass is 466 g/mol. The number of benzene rings is 3. The Morgan fingerprint density at radius 3 is 2.21 bits per heavy atom. The van der Waals surface area contributed by atoms with Crippen molar-refractivity contribution < 1.29 is 23.8 Å². The molecule has 33 heavy (non-hydrogen) atoms. The van der Waals surface area contributed by atoms with Gasteiger partial charge in [0.1, 0.15) is 17.2 Å². The number of β-lactam (4-membered cyclic amide) rings is 1. The van der Waals surface area contributed by atoms with Crippen molar-refractivity contribution in [3.8, 4) is 17.2 Å². The van der Waals surface area contributed by atoms with Gasteiger partial charge in [-0.2, -0.15) is 0 Å². The number of carbonyl (C=O) groups excluding carboxylic acids is 2. The lowest BCUT2D eigenvalue weighted by atomic mass is 9.76. The number of hydrogen-bond donors (Lipinski definition) is 1. The van der Waals surface area contributed by atoms with Gasteiger partial charge in [-0.3, -0.25) is 14.5 Å². The summed E-state index contributed by atoms with van der Waals surface area (Å²) in [5, 5.41) is 3.32. The number of ether oxygens (including phenoxy) is 3. The van der Waals surface area contributed by atoms with Crippen LogP contribution in [0.5, 0.6) is 17.2 Å². The fourth-order valence-corrected chi connectivity index (χ4v) is 4.33. The quantitative estimate of drug-likeness (QED) is 0.513. The molecule has 1 atom stereocenters. The molecule has 0 aromatic heterocycles. The number of halogens is 1. The molecule has 1 aliphatic rings. The minimum atomic E-state index is -1.34. The van der Waals surface area contributed by atoms with E-state index in [0.717, 1.165) is 0 Å². The van der Waals surface area contributed by atoms with Crippen LogP contribution in [-0.4, -0.2) is 33.1 Å². The molecule has 1 saturated heterocycles. The molecule has 0 radical (unpaired) electrons. The molecule has 3 aromatic rings. The minimum absolute atomic E-state index is 0.0347. The second kappa shape index (κ2) is 9.03. The first-order valence-corrected chi connectivity index (χ1v) is 10.6. The Balaban J connectivity index is 1.80. The van der Waals surface area contributed by atoms with E-state index in [-0.39, 0.29) is 12.3 Å². The highest BCUT2D eigenvalue weighted by molar-refractivity contribution is 6.32. The fraction of sp³-hybridized carbons (Fsp3) is 0.200. The topological polar surface area (TPSA) is 77.1 Å². The van der Waals surface area contributed by atoms with Crippen molar-refractivity contribution in [3.63, 3.8) is 0 Å². The highest BCUT2D eigenvalue weighted by Gasteiger charge is 2.59. The largest absolute Gasteiger partial charge is 0.497 e. The molecule has 0 bridgehead atoms. The van der Waals surface area contributed by atoms with Gasteiger partial charge >= 0.3 is 0 Å². The Morgan fingerprint density at radius 2 is 1.61 bits per heavy atom. The number of methoxy groups -OCH3 is 3. The summed E-state index contributed by atoms with van der Waals surface area (Å²) in [6.07, 6.45) is -0.0347. The van der Waals surface area contributed by atoms with Crippen LogP contribution >= 0.6 is 11.6 Å². The standard InChI is InChI=1S/C25H23ClN2O5/c1-31-17-10-8-16(9-11-17)28-23(29)15-25(28,19-6-4-5-7-20(19)26)24(30)27-21-13-12-18(32-2)14-22(21)33-3/h4-14H,15H2,1-3H3,(H,27,30). The second-order valence-electron chi connectivity index (χ2n) is 7.46. The Kier molecular flexibility index (Phi) is 6.16. The number of carbonyl (C=O) groups is 2. The summed E-state index contributed by atoms with van der Waals surface area (Å²) in [4.78, 5) is 28.2. The first-order chi connectivity index (χ1) is 15.9. The van der Waals surface area contributed by atoms with Crippen molar-refractivity contribution in [2.24, 2.45) is 0 Å². The van der Waals surface area contributed by atoms with E-state index >= 15 is 0 Å². The number of hydrogen-bond acceptors (Lipinski definition) is 5. The molecule has 1 N–H and O–H groups in total. The average Bonchev–Trinajstić information content (AvgIpc) is 2.83. The predicted octanol–water partition coefficient (Wildman–Crippen LogP) is 4.64. The summed E-state index contributed by atoms with van der Waals surface area (Å²) < 4.78 is 15.9. The molecule has 3 aromatic carbocycles. The van der Waals surface area contributed by atoms with E-state index < -0.39 is 11.4 Å². The van der Waals surface area contributed by atoms with Crippen LogP contribution in [-0.2, 0) is 15.1 Å². The van der Waals surface area contributed by atoms with Gasteiger partial charge in [-0.1, -0.05) is 29.8 Å². The normalized spacial score (nSPS) is 17.2. The van der Waals surface area contributed by atoms with Crippen molar-refractivity contribution in [1.82, 2.24) is 0 Å². The SMILES string of the molecule is COc1ccc(N2C(=O)CC2(C(=O)Nc2ccc(OC)cc2OC)c2ccccc2Cl)cc1. The molecule has 1 fully saturated rings. The summed E-state index contributed by atoms with van der Waals surface area (Å²) in [5.74, 6) is 1.05. The summed E-state index contributed by atoms with van der Waals surface area (Å²) in [7, 11) is 4.62. The maximum absolute atomic E-state index is 13.9. The van der Waals surface area contributed by atoms with Gasteiger partial charge in [0.25, 0.3) is 5.91 Å². The summed E-state index contributed by atoms with van der Waals surface area (Å²) in [6, 6.07) is 19.1. The number of nitrogens with zero attached hydrogens (tertiary/aromatic N) is 1. The summed E-state index contributed by atoms with van der Waals surface area (Å²) >= 11 is 6.54. The maximum atomic E-state index is 13.9. The Bertz CT molecular complexity index is 1200. The van der Waals surface area contributed by atoms with Gasteiger partial charge in [-0.05, 0) is 42.5 Å². The molecule has 0 spiro atoms. The van der Waals surface area contributed by atoms with Gasteiger partial charge in [0.05, 0.1) is 33.4 Å². The van der Waals surface area contributed by atoms with Crippen LogP contribution in [0.25, 0.3) is 0 Å². The summed E-state index contributed by atoms with van der Waals surface area (Å²) in [6.45, 7) is 0. The van der Waals surface area contributed by atoms with Crippen LogP contribution < -0.4 is 24.4 Å². The van der Waals surface area contributed by atoms with Gasteiger partial charge in [-0.25, -0.2) is 0 Å². The highest BCUT2D eigenvalue weighted by Crippen LogP contribution is 2.48. The molecule has 0 aliphatic carbocycles. The minimum Gasteiger partial charge on any atom is -0.497 e. The molecule has 8 heteroatoms. The van der Waals surface area contributed by atoms with E-state index in [1.165, 1.54) is 12.0 Å². The lowest BCUT2D eigenvalue weighted by Crippen LogP contribution is -2.67. The first-order valence-electron chi connectivity index (χ1n) is 10.2. The zero-order valence-corrected chi connectivity index (χ0v) is 19.2. The van der Waals surface area contributed by atoms with E-state index in [1.807, 2.05) is 0 Å². The van der Waals surface area contributed by atoms with E-state index in [1.54, 1.807) is 80.9 Å². The van der Waals surface area contributed by atoms with E-state index in [0.29, 0.717) is 39.2 Å². The molecular formula is C25H23ClN2O5. The molecule has 2 amide bonds. The Morgan fingerprint density at radius 1 is 0.939 bits per heavy atom. The van der Waals surface area contributed by atoms with Gasteiger partial charge in [-0.15, -0.1) is 0 Å². The van der Waals surface area contributed by atoms with Crippen molar-refractivity contribution in [3.05, 3.63) is 77.3 Å². The van der Waals surface area contributed by atoms with Crippen molar-refractivity contribution in [2.45, 2.75) is 12.0 Å². The number of amides is 2. The van der Waals surface area contributed by atoms with E-state index in [2.05, 4.69) is 5.32 Å². The molecule has 1 unspecified atom stereocenters. The molecule has 7 nitrogen and oxygen atoms in total. The molecule has 170 valence electrons. The van der Waals surface area contributed by atoms with Gasteiger partial charge < -0.3 is 19.5 Å². The van der Waals surface area contributed by atoms with Crippen molar-refractivity contribution in [2.75, 3.05) is 31.5 Å². The zero-order chi connectivity index (χ0) is 23.6. The maximum Gasteiger partial charge on any atom is 0.256 e. The van der Waals surface area contributed by atoms with Crippen LogP contribution in [0.3, 0.4) is 0 Å². The van der Waals surface area contributed by atoms with Gasteiger partial charge in [0.2, 0.25) is 5.91 Å². The molecule has 1 heterocycles. The first kappa shape index (κ1) is 22.5. The number of rotatable bonds is 7. The van der Waals surface area contributed by atoms with Crippen LogP contribution in [0.15, 0.2) is 66.7 Å². The number of anilines is 2. The average molecular weight is 467 g/mol.